The Morgan fingerprint density at radius 3 is 1.11 bits per heavy atom. The van der Waals surface area contributed by atoms with Gasteiger partial charge in [-0.15, -0.1) is 24.8 Å². The molecule has 5 nitrogen and oxygen atoms in total. The smallest absolute Gasteiger partial charge is 0.0701 e. The molecule has 1 aliphatic heterocycles. The Bertz CT molecular complexity index is 172. The normalized spacial score (nSPS) is 22.4. The Hall–Kier alpha value is 0.380. The molecule has 1 aliphatic rings. The first-order valence-corrected chi connectivity index (χ1v) is 6.39. The molecule has 0 atom stereocenters. The van der Waals surface area contributed by atoms with Gasteiger partial charge in [0.05, 0.1) is 39.6 Å². The quantitative estimate of drug-likeness (QED) is 0.658. The van der Waals surface area contributed by atoms with E-state index in [-0.39, 0.29) is 24.8 Å². The average molecular weight is 319 g/mol. The van der Waals surface area contributed by atoms with E-state index in [9.17, 15) is 0 Å². The van der Waals surface area contributed by atoms with Gasteiger partial charge in [-0.05, 0) is 14.1 Å². The predicted molar refractivity (Wildman–Crippen MR) is 81.9 cm³/mol. The summed E-state index contributed by atoms with van der Waals surface area (Å²) >= 11 is 0. The van der Waals surface area contributed by atoms with Gasteiger partial charge in [0.15, 0.2) is 0 Å². The minimum atomic E-state index is 0. The van der Waals surface area contributed by atoms with E-state index in [1.807, 2.05) is 0 Å². The fraction of sp³-hybridized carbons (Fsp3) is 1.00. The third-order valence-electron chi connectivity index (χ3n) is 2.84. The van der Waals surface area contributed by atoms with E-state index in [0.29, 0.717) is 13.2 Å². The summed E-state index contributed by atoms with van der Waals surface area (Å²) in [5.41, 5.74) is 0. The fourth-order valence-electron chi connectivity index (χ4n) is 1.53. The SMILES string of the molecule is CN1CCOCCOCCN(C)CCOCC1.Cl.Cl. The Morgan fingerprint density at radius 1 is 0.526 bits per heavy atom. The summed E-state index contributed by atoms with van der Waals surface area (Å²) in [6.45, 7) is 8.31. The summed E-state index contributed by atoms with van der Waals surface area (Å²) in [6, 6.07) is 0. The van der Waals surface area contributed by atoms with Crippen molar-refractivity contribution in [2.75, 3.05) is 79.9 Å². The molecule has 118 valence electrons. The van der Waals surface area contributed by atoms with Crippen molar-refractivity contribution in [1.29, 1.82) is 0 Å². The third kappa shape index (κ3) is 13.1. The van der Waals surface area contributed by atoms with Gasteiger partial charge in [0.2, 0.25) is 0 Å². The minimum absolute atomic E-state index is 0. The molecule has 7 heteroatoms. The fourth-order valence-corrected chi connectivity index (χ4v) is 1.53. The van der Waals surface area contributed by atoms with E-state index in [1.54, 1.807) is 0 Å². The summed E-state index contributed by atoms with van der Waals surface area (Å²) in [5.74, 6) is 0. The first kappa shape index (κ1) is 21.7. The Kier molecular flexibility index (Phi) is 16.9. The second-order valence-electron chi connectivity index (χ2n) is 4.44. The zero-order valence-electron chi connectivity index (χ0n) is 12.0. The van der Waals surface area contributed by atoms with Gasteiger partial charge in [-0.2, -0.15) is 0 Å². The highest BCUT2D eigenvalue weighted by atomic mass is 35.5. The molecule has 0 bridgehead atoms. The van der Waals surface area contributed by atoms with Gasteiger partial charge in [-0.3, -0.25) is 0 Å². The number of hydrogen-bond acceptors (Lipinski definition) is 5. The highest BCUT2D eigenvalue weighted by Crippen LogP contribution is 1.89. The van der Waals surface area contributed by atoms with Crippen molar-refractivity contribution in [1.82, 2.24) is 9.80 Å². The number of halogens is 2. The molecule has 1 saturated heterocycles. The van der Waals surface area contributed by atoms with Crippen LogP contribution in [0.2, 0.25) is 0 Å². The molecule has 0 N–H and O–H groups in total. The van der Waals surface area contributed by atoms with Crippen LogP contribution in [0.4, 0.5) is 0 Å². The second-order valence-corrected chi connectivity index (χ2v) is 4.44. The van der Waals surface area contributed by atoms with Gasteiger partial charge in [-0.1, -0.05) is 0 Å². The zero-order chi connectivity index (χ0) is 12.3. The lowest BCUT2D eigenvalue weighted by atomic mass is 10.5. The Balaban J connectivity index is 0. The molecule has 0 amide bonds. The van der Waals surface area contributed by atoms with Crippen LogP contribution in [0.5, 0.6) is 0 Å². The van der Waals surface area contributed by atoms with Crippen LogP contribution in [0.3, 0.4) is 0 Å². The summed E-state index contributed by atoms with van der Waals surface area (Å²) < 4.78 is 16.6. The molecule has 0 aromatic rings. The molecule has 0 unspecified atom stereocenters. The van der Waals surface area contributed by atoms with E-state index < -0.39 is 0 Å². The lowest BCUT2D eigenvalue weighted by Gasteiger charge is -2.17. The molecule has 0 saturated carbocycles. The van der Waals surface area contributed by atoms with Crippen LogP contribution in [-0.4, -0.2) is 89.7 Å². The second kappa shape index (κ2) is 14.8. The zero-order valence-corrected chi connectivity index (χ0v) is 13.6. The monoisotopic (exact) mass is 318 g/mol. The largest absolute Gasteiger partial charge is 0.379 e. The van der Waals surface area contributed by atoms with Crippen molar-refractivity contribution in [3.05, 3.63) is 0 Å². The summed E-state index contributed by atoms with van der Waals surface area (Å²) in [5, 5.41) is 0. The lowest BCUT2D eigenvalue weighted by Crippen LogP contribution is -2.29. The Morgan fingerprint density at radius 2 is 0.789 bits per heavy atom. The van der Waals surface area contributed by atoms with Crippen molar-refractivity contribution in [2.45, 2.75) is 0 Å². The average Bonchev–Trinajstić information content (AvgIpc) is 2.31. The molecule has 0 aromatic carbocycles. The highest BCUT2D eigenvalue weighted by molar-refractivity contribution is 5.85. The standard InChI is InChI=1S/C12H26N2O3.2ClH/c1-13-3-7-15-8-4-14(2)6-10-17-12-11-16-9-5-13;;/h3-12H2,1-2H3;2*1H. The number of likely N-dealkylation sites (N-methyl/N-ethyl adjacent to an activating group) is 2. The van der Waals surface area contributed by atoms with E-state index in [1.165, 1.54) is 0 Å². The third-order valence-corrected chi connectivity index (χ3v) is 2.84. The van der Waals surface area contributed by atoms with Crippen molar-refractivity contribution in [3.8, 4) is 0 Å². The highest BCUT2D eigenvalue weighted by Gasteiger charge is 2.02. The lowest BCUT2D eigenvalue weighted by molar-refractivity contribution is 0.0360. The van der Waals surface area contributed by atoms with Crippen molar-refractivity contribution in [2.24, 2.45) is 0 Å². The molecule has 0 aromatic heterocycles. The Labute approximate surface area is 129 Å². The number of rotatable bonds is 0. The van der Waals surface area contributed by atoms with E-state index in [2.05, 4.69) is 23.9 Å². The molecule has 1 rings (SSSR count). The van der Waals surface area contributed by atoms with E-state index in [4.69, 9.17) is 14.2 Å². The van der Waals surface area contributed by atoms with Gasteiger partial charge in [-0.25, -0.2) is 0 Å². The summed E-state index contributed by atoms with van der Waals surface area (Å²) in [4.78, 5) is 4.45. The van der Waals surface area contributed by atoms with Crippen LogP contribution in [0, 0.1) is 0 Å². The molecule has 1 heterocycles. The molecule has 1 fully saturated rings. The van der Waals surface area contributed by atoms with Crippen molar-refractivity contribution >= 4 is 24.8 Å². The van der Waals surface area contributed by atoms with Crippen molar-refractivity contribution in [3.63, 3.8) is 0 Å². The molecule has 0 aliphatic carbocycles. The first-order valence-electron chi connectivity index (χ1n) is 6.39. The van der Waals surface area contributed by atoms with Crippen LogP contribution in [-0.2, 0) is 14.2 Å². The van der Waals surface area contributed by atoms with Gasteiger partial charge in [0.25, 0.3) is 0 Å². The number of ether oxygens (including phenoxy) is 3. The van der Waals surface area contributed by atoms with E-state index in [0.717, 1.165) is 52.6 Å². The minimum Gasteiger partial charge on any atom is -0.379 e. The van der Waals surface area contributed by atoms with Gasteiger partial charge in [0, 0.05) is 26.2 Å². The number of hydrogen-bond donors (Lipinski definition) is 0. The topological polar surface area (TPSA) is 34.2 Å². The molecule has 0 radical (unpaired) electrons. The maximum atomic E-state index is 5.59. The predicted octanol–water partition coefficient (Wildman–Crippen LogP) is 0.757. The van der Waals surface area contributed by atoms with Crippen LogP contribution in [0.25, 0.3) is 0 Å². The molecule has 19 heavy (non-hydrogen) atoms. The van der Waals surface area contributed by atoms with E-state index >= 15 is 0 Å². The van der Waals surface area contributed by atoms with Gasteiger partial charge in [0.1, 0.15) is 0 Å². The van der Waals surface area contributed by atoms with Crippen LogP contribution in [0.1, 0.15) is 0 Å². The summed E-state index contributed by atoms with van der Waals surface area (Å²) in [6.07, 6.45) is 0. The maximum absolute atomic E-state index is 5.59. The first-order chi connectivity index (χ1) is 8.29. The molecule has 0 spiro atoms. The van der Waals surface area contributed by atoms with Gasteiger partial charge >= 0.3 is 0 Å². The van der Waals surface area contributed by atoms with Crippen LogP contribution in [0.15, 0.2) is 0 Å². The van der Waals surface area contributed by atoms with Crippen molar-refractivity contribution < 1.29 is 14.2 Å². The number of nitrogens with zero attached hydrogens (tertiary/aromatic N) is 2. The maximum Gasteiger partial charge on any atom is 0.0701 e. The van der Waals surface area contributed by atoms with Crippen LogP contribution < -0.4 is 0 Å². The molecular formula is C12H28Cl2N2O3. The van der Waals surface area contributed by atoms with Gasteiger partial charge < -0.3 is 24.0 Å². The molecular weight excluding hydrogens is 291 g/mol. The summed E-state index contributed by atoms with van der Waals surface area (Å²) in [7, 11) is 4.18. The van der Waals surface area contributed by atoms with Crippen LogP contribution >= 0.6 is 24.8 Å².